The van der Waals surface area contributed by atoms with E-state index < -0.39 is 7.14 Å². The fourth-order valence-electron chi connectivity index (χ4n) is 2.11. The molecule has 0 atom stereocenters. The monoisotopic (exact) mass is 156 g/mol. The van der Waals surface area contributed by atoms with E-state index in [-0.39, 0.29) is 0 Å². The fraction of sp³-hybridized carbons (Fsp3) is 0.750. The Kier molecular flexibility index (Phi) is 1.32. The molecular weight excluding hydrogens is 143 g/mol. The van der Waals surface area contributed by atoms with Crippen LogP contribution in [0, 0.1) is 0 Å². The maximum absolute atomic E-state index is 11.6. The summed E-state index contributed by atoms with van der Waals surface area (Å²) in [6, 6.07) is 0. The normalized spacial score (nSPS) is 29.3. The summed E-state index contributed by atoms with van der Waals surface area (Å²) in [5.41, 5.74) is 3.09. The van der Waals surface area contributed by atoms with Gasteiger partial charge in [-0.05, 0) is 25.9 Å². The van der Waals surface area contributed by atoms with Gasteiger partial charge in [-0.25, -0.2) is 0 Å². The van der Waals surface area contributed by atoms with Gasteiger partial charge in [0.2, 0.25) is 0 Å². The molecule has 2 heteroatoms. The van der Waals surface area contributed by atoms with Crippen molar-refractivity contribution in [2.45, 2.75) is 19.3 Å². The minimum Gasteiger partial charge on any atom is -0.323 e. The Bertz CT molecular complexity index is 220. The van der Waals surface area contributed by atoms with Crippen LogP contribution in [0.1, 0.15) is 19.3 Å². The smallest absolute Gasteiger partial charge is 0.0925 e. The van der Waals surface area contributed by atoms with E-state index in [2.05, 4.69) is 0 Å². The number of rotatable bonds is 0. The molecule has 1 aliphatic heterocycles. The van der Waals surface area contributed by atoms with Crippen molar-refractivity contribution in [1.82, 2.24) is 0 Å². The summed E-state index contributed by atoms with van der Waals surface area (Å²) < 4.78 is 11.6. The highest BCUT2D eigenvalue weighted by atomic mass is 31.2. The molecule has 0 aromatic rings. The van der Waals surface area contributed by atoms with Crippen LogP contribution in [0.2, 0.25) is 0 Å². The molecule has 0 aromatic carbocycles. The third-order valence-corrected chi connectivity index (χ3v) is 4.61. The minimum absolute atomic E-state index is 0.947. The quantitative estimate of drug-likeness (QED) is 0.389. The van der Waals surface area contributed by atoms with Crippen molar-refractivity contribution in [3.05, 3.63) is 11.1 Å². The molecule has 10 heavy (non-hydrogen) atoms. The molecule has 1 heterocycles. The Morgan fingerprint density at radius 1 is 1.20 bits per heavy atom. The van der Waals surface area contributed by atoms with E-state index in [1.54, 1.807) is 11.1 Å². The Morgan fingerprint density at radius 2 is 1.70 bits per heavy atom. The van der Waals surface area contributed by atoms with E-state index in [1.165, 1.54) is 19.3 Å². The van der Waals surface area contributed by atoms with E-state index in [0.717, 1.165) is 12.3 Å². The average Bonchev–Trinajstić information content (AvgIpc) is 2.20. The summed E-state index contributed by atoms with van der Waals surface area (Å²) in [5, 5.41) is 0. The maximum Gasteiger partial charge on any atom is 0.0925 e. The lowest BCUT2D eigenvalue weighted by molar-refractivity contribution is 0.582. The molecule has 0 spiro atoms. The second kappa shape index (κ2) is 1.98. The van der Waals surface area contributed by atoms with Crippen molar-refractivity contribution < 1.29 is 4.57 Å². The SMILES string of the molecule is CP1(=O)CC2=C(CCC2)C1. The molecule has 2 rings (SSSR count). The number of hydrogen-bond donors (Lipinski definition) is 0. The van der Waals surface area contributed by atoms with E-state index in [9.17, 15) is 4.57 Å². The van der Waals surface area contributed by atoms with E-state index in [4.69, 9.17) is 0 Å². The fourth-order valence-corrected chi connectivity index (χ4v) is 4.60. The molecule has 0 saturated heterocycles. The zero-order chi connectivity index (χ0) is 7.19. The number of allylic oxidation sites excluding steroid dienone is 2. The van der Waals surface area contributed by atoms with Gasteiger partial charge < -0.3 is 4.57 Å². The molecule has 56 valence electrons. The lowest BCUT2D eigenvalue weighted by Crippen LogP contribution is -1.86. The standard InChI is InChI=1S/C8H13OP/c1-10(9)5-7-3-2-4-8(7)6-10/h2-6H2,1H3. The first-order valence-corrected chi connectivity index (χ1v) is 6.45. The number of hydrogen-bond acceptors (Lipinski definition) is 1. The van der Waals surface area contributed by atoms with Crippen molar-refractivity contribution in [2.75, 3.05) is 19.0 Å². The van der Waals surface area contributed by atoms with Crippen LogP contribution in [-0.2, 0) is 4.57 Å². The molecule has 0 radical (unpaired) electrons. The van der Waals surface area contributed by atoms with Crippen LogP contribution in [-0.4, -0.2) is 19.0 Å². The van der Waals surface area contributed by atoms with Crippen LogP contribution in [0.5, 0.6) is 0 Å². The lowest BCUT2D eigenvalue weighted by Gasteiger charge is -2.04. The van der Waals surface area contributed by atoms with Crippen molar-refractivity contribution in [2.24, 2.45) is 0 Å². The molecule has 1 aliphatic carbocycles. The molecule has 0 bridgehead atoms. The maximum atomic E-state index is 11.6. The van der Waals surface area contributed by atoms with Crippen LogP contribution < -0.4 is 0 Å². The Hall–Kier alpha value is -0.0300. The second-order valence-electron chi connectivity index (χ2n) is 3.67. The predicted octanol–water partition coefficient (Wildman–Crippen LogP) is 2.47. The molecule has 0 aromatic heterocycles. The Morgan fingerprint density at radius 3 is 2.20 bits per heavy atom. The summed E-state index contributed by atoms with van der Waals surface area (Å²) in [7, 11) is -1.69. The van der Waals surface area contributed by atoms with Gasteiger partial charge in [0.1, 0.15) is 0 Å². The molecule has 0 saturated carbocycles. The summed E-state index contributed by atoms with van der Waals surface area (Å²) in [5.74, 6) is 0. The topological polar surface area (TPSA) is 17.1 Å². The summed E-state index contributed by atoms with van der Waals surface area (Å²) in [6.07, 6.45) is 5.70. The van der Waals surface area contributed by atoms with Crippen molar-refractivity contribution in [3.8, 4) is 0 Å². The van der Waals surface area contributed by atoms with Crippen molar-refractivity contribution in [1.29, 1.82) is 0 Å². The summed E-state index contributed by atoms with van der Waals surface area (Å²) in [6.45, 7) is 1.95. The van der Waals surface area contributed by atoms with E-state index in [1.807, 2.05) is 6.66 Å². The van der Waals surface area contributed by atoms with Gasteiger partial charge in [0.25, 0.3) is 0 Å². The van der Waals surface area contributed by atoms with Gasteiger partial charge in [-0.2, -0.15) is 0 Å². The predicted molar refractivity (Wildman–Crippen MR) is 44.1 cm³/mol. The molecule has 0 amide bonds. The molecular formula is C8H13OP. The van der Waals surface area contributed by atoms with Crippen molar-refractivity contribution in [3.63, 3.8) is 0 Å². The van der Waals surface area contributed by atoms with Gasteiger partial charge in [0.15, 0.2) is 0 Å². The highest BCUT2D eigenvalue weighted by Gasteiger charge is 2.31. The second-order valence-corrected chi connectivity index (χ2v) is 6.90. The zero-order valence-corrected chi connectivity index (χ0v) is 7.29. The van der Waals surface area contributed by atoms with Gasteiger partial charge in [0, 0.05) is 12.3 Å². The van der Waals surface area contributed by atoms with Gasteiger partial charge >= 0.3 is 0 Å². The van der Waals surface area contributed by atoms with Crippen LogP contribution in [0.25, 0.3) is 0 Å². The highest BCUT2D eigenvalue weighted by Crippen LogP contribution is 2.54. The first-order valence-electron chi connectivity index (χ1n) is 3.93. The molecule has 0 unspecified atom stereocenters. The molecule has 0 fully saturated rings. The van der Waals surface area contributed by atoms with Crippen LogP contribution >= 0.6 is 7.14 Å². The third-order valence-electron chi connectivity index (χ3n) is 2.51. The van der Waals surface area contributed by atoms with E-state index >= 15 is 0 Å². The van der Waals surface area contributed by atoms with Gasteiger partial charge in [-0.1, -0.05) is 11.1 Å². The molecule has 1 nitrogen and oxygen atoms in total. The Labute approximate surface area is 61.9 Å². The van der Waals surface area contributed by atoms with Crippen LogP contribution in [0.3, 0.4) is 0 Å². The third kappa shape index (κ3) is 0.971. The van der Waals surface area contributed by atoms with E-state index in [0.29, 0.717) is 0 Å². The summed E-state index contributed by atoms with van der Waals surface area (Å²) in [4.78, 5) is 0. The Balaban J connectivity index is 2.24. The summed E-state index contributed by atoms with van der Waals surface area (Å²) >= 11 is 0. The first-order chi connectivity index (χ1) is 4.67. The first kappa shape index (κ1) is 6.67. The minimum atomic E-state index is -1.69. The van der Waals surface area contributed by atoms with Gasteiger partial charge in [0.05, 0.1) is 7.14 Å². The van der Waals surface area contributed by atoms with Crippen molar-refractivity contribution >= 4 is 7.14 Å². The van der Waals surface area contributed by atoms with Crippen LogP contribution in [0.15, 0.2) is 11.1 Å². The highest BCUT2D eigenvalue weighted by molar-refractivity contribution is 7.64. The average molecular weight is 156 g/mol. The van der Waals surface area contributed by atoms with Gasteiger partial charge in [-0.3, -0.25) is 0 Å². The largest absolute Gasteiger partial charge is 0.323 e. The van der Waals surface area contributed by atoms with Gasteiger partial charge in [-0.15, -0.1) is 0 Å². The zero-order valence-electron chi connectivity index (χ0n) is 6.39. The molecule has 2 aliphatic rings. The molecule has 0 N–H and O–H groups in total. The van der Waals surface area contributed by atoms with Crippen LogP contribution in [0.4, 0.5) is 0 Å². The lowest BCUT2D eigenvalue weighted by atomic mass is 10.2.